The summed E-state index contributed by atoms with van der Waals surface area (Å²) in [6, 6.07) is 11.5. The number of H-pyrrole nitrogens is 1. The Morgan fingerprint density at radius 1 is 1.20 bits per heavy atom. The lowest BCUT2D eigenvalue weighted by molar-refractivity contribution is 0.0316. The molecule has 128 valence electrons. The van der Waals surface area contributed by atoms with Crippen LogP contribution in [-0.2, 0) is 4.74 Å². The van der Waals surface area contributed by atoms with Crippen molar-refractivity contribution in [1.82, 2.24) is 4.98 Å². The number of Topliss-reactive ketones (excluding diaryl/α,β-unsaturated/α-hetero) is 1. The lowest BCUT2D eigenvalue weighted by atomic mass is 10.0. The van der Waals surface area contributed by atoms with Crippen molar-refractivity contribution in [1.29, 1.82) is 0 Å². The molecule has 0 aliphatic carbocycles. The molecule has 1 atom stereocenters. The second kappa shape index (κ2) is 6.61. The number of carbonyl (C=O) groups is 2. The van der Waals surface area contributed by atoms with E-state index in [-0.39, 0.29) is 22.1 Å². The number of benzene rings is 2. The Morgan fingerprint density at radius 2 is 1.92 bits per heavy atom. The van der Waals surface area contributed by atoms with Gasteiger partial charge in [0.25, 0.3) is 0 Å². The smallest absolute Gasteiger partial charge is 0.342 e. The van der Waals surface area contributed by atoms with E-state index < -0.39 is 12.1 Å². The zero-order chi connectivity index (χ0) is 18.1. The number of nitrogens with one attached hydrogen (secondary N) is 1. The van der Waals surface area contributed by atoms with Gasteiger partial charge >= 0.3 is 5.97 Å². The predicted molar refractivity (Wildman–Crippen MR) is 95.4 cm³/mol. The van der Waals surface area contributed by atoms with Crippen LogP contribution in [0.4, 0.5) is 0 Å². The highest BCUT2D eigenvalue weighted by atomic mass is 35.5. The Bertz CT molecular complexity index is 977. The molecule has 2 aromatic carbocycles. The molecule has 1 heterocycles. The number of rotatable bonds is 4. The van der Waals surface area contributed by atoms with Gasteiger partial charge in [0.05, 0.1) is 0 Å². The summed E-state index contributed by atoms with van der Waals surface area (Å²) in [5, 5.41) is 10.8. The van der Waals surface area contributed by atoms with Gasteiger partial charge in [-0.25, -0.2) is 4.79 Å². The molecule has 2 N–H and O–H groups in total. The monoisotopic (exact) mass is 357 g/mol. The van der Waals surface area contributed by atoms with E-state index >= 15 is 0 Å². The molecule has 0 amide bonds. The second-order valence-electron chi connectivity index (χ2n) is 5.74. The maximum Gasteiger partial charge on any atom is 0.342 e. The van der Waals surface area contributed by atoms with Gasteiger partial charge in [-0.05, 0) is 38.1 Å². The fourth-order valence-electron chi connectivity index (χ4n) is 2.75. The van der Waals surface area contributed by atoms with E-state index in [1.54, 1.807) is 6.92 Å². The summed E-state index contributed by atoms with van der Waals surface area (Å²) in [6.45, 7) is 3.30. The number of phenolic OH excluding ortho intramolecular Hbond substituents is 1. The highest BCUT2D eigenvalue weighted by molar-refractivity contribution is 6.31. The number of aromatic hydroxyl groups is 1. The SMILES string of the molecule is Cc1[nH]c2ccccc2c1C(=O)[C@H](C)OC(=O)c1cc(Cl)ccc1O. The van der Waals surface area contributed by atoms with Crippen molar-refractivity contribution in [2.75, 3.05) is 0 Å². The number of phenols is 1. The van der Waals surface area contributed by atoms with Crippen LogP contribution in [0.2, 0.25) is 5.02 Å². The van der Waals surface area contributed by atoms with Crippen molar-refractivity contribution in [3.05, 3.63) is 64.3 Å². The van der Waals surface area contributed by atoms with Crippen molar-refractivity contribution in [2.45, 2.75) is 20.0 Å². The number of hydrogen-bond acceptors (Lipinski definition) is 4. The molecule has 0 unspecified atom stereocenters. The molecule has 0 radical (unpaired) electrons. The van der Waals surface area contributed by atoms with E-state index in [0.29, 0.717) is 11.3 Å². The fraction of sp³-hybridized carbons (Fsp3) is 0.158. The zero-order valence-corrected chi connectivity index (χ0v) is 14.4. The van der Waals surface area contributed by atoms with Crippen molar-refractivity contribution in [3.63, 3.8) is 0 Å². The number of carbonyl (C=O) groups excluding carboxylic acids is 2. The van der Waals surface area contributed by atoms with Crippen LogP contribution in [0.1, 0.15) is 33.3 Å². The number of aromatic amines is 1. The highest BCUT2D eigenvalue weighted by Crippen LogP contribution is 2.26. The number of ketones is 1. The number of esters is 1. The fourth-order valence-corrected chi connectivity index (χ4v) is 2.92. The first kappa shape index (κ1) is 17.0. The Hall–Kier alpha value is -2.79. The van der Waals surface area contributed by atoms with Gasteiger partial charge in [0.2, 0.25) is 5.78 Å². The van der Waals surface area contributed by atoms with Crippen molar-refractivity contribution >= 4 is 34.3 Å². The third-order valence-corrected chi connectivity index (χ3v) is 4.21. The summed E-state index contributed by atoms with van der Waals surface area (Å²) >= 11 is 5.84. The molecule has 6 heteroatoms. The average Bonchev–Trinajstić information content (AvgIpc) is 2.91. The van der Waals surface area contributed by atoms with E-state index in [9.17, 15) is 14.7 Å². The molecular formula is C19H16ClNO4. The van der Waals surface area contributed by atoms with Gasteiger partial charge < -0.3 is 14.8 Å². The highest BCUT2D eigenvalue weighted by Gasteiger charge is 2.25. The third-order valence-electron chi connectivity index (χ3n) is 3.97. The molecule has 0 saturated heterocycles. The molecular weight excluding hydrogens is 342 g/mol. The Balaban J connectivity index is 1.86. The molecule has 25 heavy (non-hydrogen) atoms. The van der Waals surface area contributed by atoms with Crippen molar-refractivity contribution in [3.8, 4) is 5.75 Å². The third kappa shape index (κ3) is 3.23. The normalized spacial score (nSPS) is 12.1. The van der Waals surface area contributed by atoms with Crippen molar-refractivity contribution < 1.29 is 19.4 Å². The number of halogens is 1. The minimum Gasteiger partial charge on any atom is -0.507 e. The molecule has 3 aromatic rings. The lowest BCUT2D eigenvalue weighted by Gasteiger charge is -2.13. The Morgan fingerprint density at radius 3 is 2.68 bits per heavy atom. The minimum absolute atomic E-state index is 0.0807. The summed E-state index contributed by atoms with van der Waals surface area (Å²) in [6.07, 6.45) is -1.01. The van der Waals surface area contributed by atoms with Gasteiger partial charge in [-0.2, -0.15) is 0 Å². The topological polar surface area (TPSA) is 79.4 Å². The molecule has 0 aliphatic rings. The first-order chi connectivity index (χ1) is 11.9. The van der Waals surface area contributed by atoms with Crippen LogP contribution in [0.5, 0.6) is 5.75 Å². The van der Waals surface area contributed by atoms with Gasteiger partial charge in [-0.15, -0.1) is 0 Å². The summed E-state index contributed by atoms with van der Waals surface area (Å²) in [4.78, 5) is 28.2. The molecule has 0 spiro atoms. The maximum absolute atomic E-state index is 12.8. The summed E-state index contributed by atoms with van der Waals surface area (Å²) < 4.78 is 5.24. The van der Waals surface area contributed by atoms with Gasteiger partial charge in [-0.3, -0.25) is 4.79 Å². The Kier molecular flexibility index (Phi) is 4.51. The molecule has 3 rings (SSSR count). The van der Waals surface area contributed by atoms with E-state index in [2.05, 4.69) is 4.98 Å². The molecule has 0 bridgehead atoms. The van der Waals surface area contributed by atoms with Gasteiger partial charge in [-0.1, -0.05) is 29.8 Å². The molecule has 5 nitrogen and oxygen atoms in total. The van der Waals surface area contributed by atoms with Crippen LogP contribution in [0.25, 0.3) is 10.9 Å². The van der Waals surface area contributed by atoms with Crippen LogP contribution in [-0.4, -0.2) is 27.9 Å². The largest absolute Gasteiger partial charge is 0.507 e. The number of aryl methyl sites for hydroxylation is 1. The minimum atomic E-state index is -1.01. The first-order valence-corrected chi connectivity index (χ1v) is 8.07. The quantitative estimate of drug-likeness (QED) is 0.540. The summed E-state index contributed by atoms with van der Waals surface area (Å²) in [7, 11) is 0. The maximum atomic E-state index is 12.8. The molecule has 1 aromatic heterocycles. The standard InChI is InChI=1S/C19H16ClNO4/c1-10-17(13-5-3-4-6-15(13)21-10)18(23)11(2)25-19(24)14-9-12(20)7-8-16(14)22/h3-9,11,21-22H,1-2H3/t11-/m0/s1. The molecule has 0 fully saturated rings. The number of para-hydroxylation sites is 1. The van der Waals surface area contributed by atoms with Crippen LogP contribution in [0.3, 0.4) is 0 Å². The van der Waals surface area contributed by atoms with E-state index in [4.69, 9.17) is 16.3 Å². The second-order valence-corrected chi connectivity index (χ2v) is 6.18. The number of fused-ring (bicyclic) bond motifs is 1. The van der Waals surface area contributed by atoms with Crippen LogP contribution >= 0.6 is 11.6 Å². The average molecular weight is 358 g/mol. The molecule has 0 saturated carbocycles. The predicted octanol–water partition coefficient (Wildman–Crippen LogP) is 4.26. The van der Waals surface area contributed by atoms with E-state index in [1.165, 1.54) is 25.1 Å². The van der Waals surface area contributed by atoms with Crippen LogP contribution in [0.15, 0.2) is 42.5 Å². The first-order valence-electron chi connectivity index (χ1n) is 7.69. The van der Waals surface area contributed by atoms with Crippen LogP contribution in [0, 0.1) is 6.92 Å². The van der Waals surface area contributed by atoms with E-state index in [0.717, 1.165) is 10.9 Å². The van der Waals surface area contributed by atoms with Gasteiger partial charge in [0.1, 0.15) is 11.3 Å². The number of hydrogen-bond donors (Lipinski definition) is 2. The van der Waals surface area contributed by atoms with Gasteiger partial charge in [0, 0.05) is 27.2 Å². The van der Waals surface area contributed by atoms with Crippen molar-refractivity contribution in [2.24, 2.45) is 0 Å². The zero-order valence-electron chi connectivity index (χ0n) is 13.7. The Labute approximate surface area is 149 Å². The van der Waals surface area contributed by atoms with Crippen LogP contribution < -0.4 is 0 Å². The number of ether oxygens (including phenoxy) is 1. The van der Waals surface area contributed by atoms with E-state index in [1.807, 2.05) is 24.3 Å². The number of aromatic nitrogens is 1. The summed E-state index contributed by atoms with van der Waals surface area (Å²) in [5.41, 5.74) is 1.96. The van der Waals surface area contributed by atoms with Gasteiger partial charge in [0.15, 0.2) is 6.10 Å². The lowest BCUT2D eigenvalue weighted by Crippen LogP contribution is -2.25. The summed E-state index contributed by atoms with van der Waals surface area (Å²) in [5.74, 6) is -1.37. The molecule has 0 aliphatic heterocycles.